The van der Waals surface area contributed by atoms with Crippen LogP contribution in [0.2, 0.25) is 0 Å². The van der Waals surface area contributed by atoms with Crippen molar-refractivity contribution in [2.75, 3.05) is 33.4 Å². The Balaban J connectivity index is 1.57. The van der Waals surface area contributed by atoms with Gasteiger partial charge in [0.05, 0.1) is 13.2 Å². The average Bonchev–Trinajstić information content (AvgIpc) is 3.67. The Morgan fingerprint density at radius 1 is 0.548 bits per heavy atom. The topological polar surface area (TPSA) is 147 Å². The molecule has 0 aromatic carbocycles. The van der Waals surface area contributed by atoms with Crippen LogP contribution in [0.3, 0.4) is 0 Å². The molecule has 12 heteroatoms. The number of carbonyl (C=O) groups excluding carboxylic acids is 2. The van der Waals surface area contributed by atoms with E-state index >= 15 is 0 Å². The number of nitrogens with one attached hydrogen (secondary N) is 1. The van der Waals surface area contributed by atoms with Crippen LogP contribution in [0.25, 0.3) is 0 Å². The van der Waals surface area contributed by atoms with Crippen molar-refractivity contribution in [3.8, 4) is 0 Å². The van der Waals surface area contributed by atoms with Crippen LogP contribution in [0.15, 0.2) is 8.83 Å². The highest BCUT2D eigenvalue weighted by Gasteiger charge is 2.26. The smallest absolute Gasteiger partial charge is 0.466 e. The number of aryl methyl sites for hydroxylation is 4. The lowest BCUT2D eigenvalue weighted by molar-refractivity contribution is -0.161. The summed E-state index contributed by atoms with van der Waals surface area (Å²) in [5, 5.41) is 2.83. The van der Waals surface area contributed by atoms with Crippen molar-refractivity contribution in [1.29, 1.82) is 0 Å². The largest absolute Gasteiger partial charge is 0.472 e. The van der Waals surface area contributed by atoms with Gasteiger partial charge in [-0.15, -0.1) is 0 Å². The van der Waals surface area contributed by atoms with Gasteiger partial charge in [0.15, 0.2) is 6.10 Å². The highest BCUT2D eigenvalue weighted by Crippen LogP contribution is 2.43. The molecule has 2 aromatic rings. The van der Waals surface area contributed by atoms with Gasteiger partial charge in [-0.05, 0) is 95.5 Å². The summed E-state index contributed by atoms with van der Waals surface area (Å²) in [4.78, 5) is 35.4. The first-order chi connectivity index (χ1) is 29.9. The van der Waals surface area contributed by atoms with Gasteiger partial charge < -0.3 is 28.5 Å². The van der Waals surface area contributed by atoms with Crippen molar-refractivity contribution in [3.63, 3.8) is 0 Å². The van der Waals surface area contributed by atoms with Crippen LogP contribution >= 0.6 is 7.82 Å². The molecule has 2 N–H and O–H groups in total. The second kappa shape index (κ2) is 34.0. The first kappa shape index (κ1) is 55.7. The van der Waals surface area contributed by atoms with Crippen LogP contribution in [-0.2, 0) is 58.4 Å². The van der Waals surface area contributed by atoms with Crippen molar-refractivity contribution >= 4 is 19.8 Å². The third-order valence-electron chi connectivity index (χ3n) is 12.1. The summed E-state index contributed by atoms with van der Waals surface area (Å²) in [6.45, 7) is 12.8. The molecule has 0 radical (unpaired) electrons. The average molecular weight is 894 g/mol. The molecule has 2 atom stereocenters. The molecule has 62 heavy (non-hydrogen) atoms. The summed E-state index contributed by atoms with van der Waals surface area (Å²) >= 11 is 0. The molecule has 0 aliphatic carbocycles. The van der Waals surface area contributed by atoms with E-state index in [1.165, 1.54) is 104 Å². The molecule has 0 saturated carbocycles. The molecule has 0 saturated heterocycles. The predicted octanol–water partition coefficient (Wildman–Crippen LogP) is 13.2. The van der Waals surface area contributed by atoms with E-state index in [0.717, 1.165) is 101 Å². The first-order valence-corrected chi connectivity index (χ1v) is 26.2. The number of rotatable bonds is 40. The van der Waals surface area contributed by atoms with Gasteiger partial charge in [0.1, 0.15) is 29.6 Å². The van der Waals surface area contributed by atoms with E-state index in [9.17, 15) is 19.0 Å². The minimum absolute atomic E-state index is 0.0272. The maximum Gasteiger partial charge on any atom is 0.472 e. The summed E-state index contributed by atoms with van der Waals surface area (Å²) < 4.78 is 45.8. The van der Waals surface area contributed by atoms with Crippen molar-refractivity contribution in [2.24, 2.45) is 0 Å². The summed E-state index contributed by atoms with van der Waals surface area (Å²) in [7, 11) is -2.67. The van der Waals surface area contributed by atoms with Crippen LogP contribution in [0.5, 0.6) is 0 Å². The molecule has 11 nitrogen and oxygen atoms in total. The van der Waals surface area contributed by atoms with E-state index in [0.29, 0.717) is 13.0 Å². The zero-order valence-corrected chi connectivity index (χ0v) is 41.2. The summed E-state index contributed by atoms with van der Waals surface area (Å²) in [5.41, 5.74) is 5.32. The number of unbranched alkanes of at least 4 members (excludes halogenated alkanes) is 18. The number of hydrogen-bond acceptors (Lipinski definition) is 10. The molecule has 2 rings (SSSR count). The lowest BCUT2D eigenvalue weighted by atomic mass is 10.0. The monoisotopic (exact) mass is 894 g/mol. The fourth-order valence-electron chi connectivity index (χ4n) is 7.84. The van der Waals surface area contributed by atoms with Crippen LogP contribution in [-0.4, -0.2) is 56.3 Å². The third-order valence-corrected chi connectivity index (χ3v) is 13.1. The number of hydrogen-bond donors (Lipinski definition) is 2. The second-order valence-electron chi connectivity index (χ2n) is 17.5. The molecule has 2 heterocycles. The van der Waals surface area contributed by atoms with E-state index < -0.39 is 26.5 Å². The van der Waals surface area contributed by atoms with Gasteiger partial charge in [-0.25, -0.2) is 4.57 Å². The zero-order chi connectivity index (χ0) is 45.4. The van der Waals surface area contributed by atoms with E-state index in [1.54, 1.807) is 7.05 Å². The Morgan fingerprint density at radius 3 is 1.39 bits per heavy atom. The zero-order valence-electron chi connectivity index (χ0n) is 40.3. The number of phosphoric ester groups is 1. The van der Waals surface area contributed by atoms with E-state index in [1.807, 2.05) is 0 Å². The van der Waals surface area contributed by atoms with Gasteiger partial charge in [-0.3, -0.25) is 18.6 Å². The number of carbonyl (C=O) groups is 2. The molecule has 1 unspecified atom stereocenters. The van der Waals surface area contributed by atoms with Gasteiger partial charge in [0, 0.05) is 45.1 Å². The number of likely N-dealkylation sites (N-methyl/N-ethyl adjacent to an activating group) is 1. The molecule has 0 aliphatic rings. The van der Waals surface area contributed by atoms with Gasteiger partial charge in [0.2, 0.25) is 0 Å². The number of furan rings is 2. The quantitative estimate of drug-likeness (QED) is 0.0374. The Kier molecular flexibility index (Phi) is 30.5. The van der Waals surface area contributed by atoms with Crippen LogP contribution < -0.4 is 5.32 Å². The maximum absolute atomic E-state index is 12.7. The molecule has 2 aromatic heterocycles. The molecular formula is C50H88NO10P. The Hall–Kier alpha value is -2.43. The van der Waals surface area contributed by atoms with Crippen LogP contribution in [0.1, 0.15) is 213 Å². The van der Waals surface area contributed by atoms with E-state index in [-0.39, 0.29) is 32.0 Å². The lowest BCUT2D eigenvalue weighted by Crippen LogP contribution is -2.29. The predicted molar refractivity (Wildman–Crippen MR) is 250 cm³/mol. The summed E-state index contributed by atoms with van der Waals surface area (Å²) in [5.74, 6) is 3.84. The third kappa shape index (κ3) is 24.6. The number of phosphoric acid groups is 1. The number of ether oxygens (including phenoxy) is 2. The maximum atomic E-state index is 12.7. The van der Waals surface area contributed by atoms with Crippen molar-refractivity contribution in [2.45, 2.75) is 227 Å². The molecule has 0 aliphatic heterocycles. The Labute approximate surface area is 376 Å². The molecule has 0 amide bonds. The van der Waals surface area contributed by atoms with Crippen LogP contribution in [0, 0.1) is 27.7 Å². The fourth-order valence-corrected chi connectivity index (χ4v) is 8.59. The van der Waals surface area contributed by atoms with Crippen LogP contribution in [0.4, 0.5) is 0 Å². The first-order valence-electron chi connectivity index (χ1n) is 24.7. The standard InChI is InChI=1S/C50H88NO10P/c1-8-10-25-31-46-42(5)43(6)48(61-46)33-27-21-17-13-11-12-14-19-23-28-34-49(52)56-38-44(39-58-62(54,55)57-37-36-51-7)59-50(53)35-29-24-20-16-15-18-22-26-32-47-41(4)40(3)45(60-47)30-9-2/h44,51H,8-39H2,1-7H3,(H,54,55)/t44-/m1/s1. The van der Waals surface area contributed by atoms with E-state index in [2.05, 4.69) is 46.9 Å². The van der Waals surface area contributed by atoms with Crippen molar-refractivity contribution < 1.29 is 46.4 Å². The fraction of sp³-hybridized carbons (Fsp3) is 0.800. The number of esters is 2. The van der Waals surface area contributed by atoms with Gasteiger partial charge in [0.25, 0.3) is 0 Å². The van der Waals surface area contributed by atoms with Crippen molar-refractivity contribution in [3.05, 3.63) is 45.3 Å². The summed E-state index contributed by atoms with van der Waals surface area (Å²) in [6, 6.07) is 0. The summed E-state index contributed by atoms with van der Waals surface area (Å²) in [6.07, 6.45) is 28.0. The Bertz CT molecular complexity index is 1530. The van der Waals surface area contributed by atoms with Crippen molar-refractivity contribution in [1.82, 2.24) is 5.32 Å². The molecule has 358 valence electrons. The molecule has 0 fully saturated rings. The molecule has 0 spiro atoms. The normalized spacial score (nSPS) is 13.1. The second-order valence-corrected chi connectivity index (χ2v) is 18.9. The highest BCUT2D eigenvalue weighted by atomic mass is 31.2. The SMILES string of the molecule is CCCCCc1oc(CCCCCCCCCCCCC(=O)OC[C@H](COP(=O)(O)OCCNC)OC(=O)CCCCCCCCCCc2oc(CCC)c(C)c2C)c(C)c1C. The molecule has 0 bridgehead atoms. The van der Waals surface area contributed by atoms with Gasteiger partial charge >= 0.3 is 19.8 Å². The van der Waals surface area contributed by atoms with Gasteiger partial charge in [-0.2, -0.15) is 0 Å². The minimum Gasteiger partial charge on any atom is -0.466 e. The molecular weight excluding hydrogens is 806 g/mol. The van der Waals surface area contributed by atoms with E-state index in [4.69, 9.17) is 27.4 Å². The van der Waals surface area contributed by atoms with Gasteiger partial charge in [-0.1, -0.05) is 117 Å². The minimum atomic E-state index is -4.37. The lowest BCUT2D eigenvalue weighted by Gasteiger charge is -2.20. The highest BCUT2D eigenvalue weighted by molar-refractivity contribution is 7.47. The Morgan fingerprint density at radius 2 is 0.952 bits per heavy atom.